The number of rotatable bonds is 4. The summed E-state index contributed by atoms with van der Waals surface area (Å²) in [6.07, 6.45) is 0. The lowest BCUT2D eigenvalue weighted by Crippen LogP contribution is -3.13. The third kappa shape index (κ3) is 3.68. The highest BCUT2D eigenvalue weighted by atomic mass is 16.5. The number of benzene rings is 2. The van der Waals surface area contributed by atoms with Crippen LogP contribution in [-0.4, -0.2) is 44.4 Å². The van der Waals surface area contributed by atoms with Crippen LogP contribution in [0.2, 0.25) is 0 Å². The molecule has 1 fully saturated rings. The van der Waals surface area contributed by atoms with Crippen molar-refractivity contribution in [3.05, 3.63) is 59.7 Å². The van der Waals surface area contributed by atoms with Crippen LogP contribution in [0.3, 0.4) is 0 Å². The van der Waals surface area contributed by atoms with Crippen LogP contribution in [0.1, 0.15) is 15.9 Å². The minimum Gasteiger partial charge on any atom is -0.506 e. The van der Waals surface area contributed by atoms with Gasteiger partial charge in [-0.1, -0.05) is 24.3 Å². The maximum absolute atomic E-state index is 11.5. The van der Waals surface area contributed by atoms with Gasteiger partial charge in [0.2, 0.25) is 0 Å². The van der Waals surface area contributed by atoms with E-state index in [0.717, 1.165) is 38.4 Å². The third-order valence-corrected chi connectivity index (χ3v) is 4.52. The van der Waals surface area contributed by atoms with Crippen molar-refractivity contribution in [2.45, 2.75) is 6.54 Å². The Kier molecular flexibility index (Phi) is 5.01. The van der Waals surface area contributed by atoms with Crippen molar-refractivity contribution in [1.82, 2.24) is 0 Å². The molecule has 2 aromatic rings. The summed E-state index contributed by atoms with van der Waals surface area (Å²) in [5.41, 5.74) is 2.72. The van der Waals surface area contributed by atoms with Gasteiger partial charge in [-0.2, -0.15) is 0 Å². The molecule has 1 heterocycles. The molecule has 0 unspecified atom stereocenters. The zero-order chi connectivity index (χ0) is 16.9. The number of anilines is 1. The number of ether oxygens (including phenoxy) is 1. The van der Waals surface area contributed by atoms with Crippen LogP contribution in [0.4, 0.5) is 5.69 Å². The normalized spacial score (nSPS) is 15.3. The number of para-hydroxylation sites is 2. The van der Waals surface area contributed by atoms with Crippen molar-refractivity contribution in [3.8, 4) is 5.75 Å². The molecule has 0 spiro atoms. The second-order valence-electron chi connectivity index (χ2n) is 6.09. The molecule has 0 radical (unpaired) electrons. The van der Waals surface area contributed by atoms with E-state index in [1.165, 1.54) is 17.6 Å². The largest absolute Gasteiger partial charge is 0.506 e. The van der Waals surface area contributed by atoms with Gasteiger partial charge in [0.15, 0.2) is 0 Å². The predicted molar refractivity (Wildman–Crippen MR) is 92.5 cm³/mol. The number of methoxy groups -OCH3 is 1. The van der Waals surface area contributed by atoms with Crippen molar-refractivity contribution < 1.29 is 19.5 Å². The average molecular weight is 327 g/mol. The quantitative estimate of drug-likeness (QED) is 0.826. The van der Waals surface area contributed by atoms with E-state index >= 15 is 0 Å². The van der Waals surface area contributed by atoms with E-state index in [1.807, 2.05) is 42.5 Å². The summed E-state index contributed by atoms with van der Waals surface area (Å²) < 4.78 is 4.72. The molecule has 5 heteroatoms. The van der Waals surface area contributed by atoms with Crippen LogP contribution < -0.4 is 9.80 Å². The molecule has 2 aromatic carbocycles. The van der Waals surface area contributed by atoms with Gasteiger partial charge in [-0.25, -0.2) is 4.79 Å². The van der Waals surface area contributed by atoms with E-state index in [0.29, 0.717) is 11.3 Å². The van der Waals surface area contributed by atoms with Gasteiger partial charge in [-0.15, -0.1) is 0 Å². The van der Waals surface area contributed by atoms with Gasteiger partial charge >= 0.3 is 5.97 Å². The molecular weight excluding hydrogens is 304 g/mol. The molecule has 3 rings (SSSR count). The van der Waals surface area contributed by atoms with E-state index in [4.69, 9.17) is 4.74 Å². The van der Waals surface area contributed by atoms with E-state index in [2.05, 4.69) is 4.90 Å². The Bertz CT molecular complexity index is 692. The molecule has 1 saturated heterocycles. The molecule has 0 bridgehead atoms. The van der Waals surface area contributed by atoms with E-state index in [-0.39, 0.29) is 5.97 Å². The summed E-state index contributed by atoms with van der Waals surface area (Å²) >= 11 is 0. The number of hydrogen-bond donors (Lipinski definition) is 2. The lowest BCUT2D eigenvalue weighted by atomic mass is 10.1. The summed E-state index contributed by atoms with van der Waals surface area (Å²) in [5, 5.41) is 9.97. The lowest BCUT2D eigenvalue weighted by molar-refractivity contribution is -0.914. The fraction of sp³-hybridized carbons (Fsp3) is 0.316. The number of hydrogen-bond acceptors (Lipinski definition) is 4. The van der Waals surface area contributed by atoms with Crippen LogP contribution >= 0.6 is 0 Å². The molecule has 0 amide bonds. The maximum Gasteiger partial charge on any atom is 0.337 e. The average Bonchev–Trinajstić information content (AvgIpc) is 2.63. The second-order valence-corrected chi connectivity index (χ2v) is 6.09. The number of quaternary nitrogens is 1. The summed E-state index contributed by atoms with van der Waals surface area (Å²) in [5.74, 6) is 0.0459. The highest BCUT2D eigenvalue weighted by Crippen LogP contribution is 2.25. The minimum absolute atomic E-state index is 0.301. The van der Waals surface area contributed by atoms with Crippen molar-refractivity contribution in [2.24, 2.45) is 0 Å². The van der Waals surface area contributed by atoms with Crippen LogP contribution in [-0.2, 0) is 11.3 Å². The van der Waals surface area contributed by atoms with Crippen LogP contribution in [0, 0.1) is 0 Å². The summed E-state index contributed by atoms with van der Waals surface area (Å²) in [6, 6.07) is 15.1. The SMILES string of the molecule is COC(=O)c1ccc(C[NH+]2CCN(c3ccccc3O)CC2)cc1. The zero-order valence-electron chi connectivity index (χ0n) is 13.9. The fourth-order valence-corrected chi connectivity index (χ4v) is 3.14. The molecule has 5 nitrogen and oxygen atoms in total. The van der Waals surface area contributed by atoms with Gasteiger partial charge < -0.3 is 19.6 Å². The van der Waals surface area contributed by atoms with Crippen molar-refractivity contribution in [2.75, 3.05) is 38.2 Å². The summed E-state index contributed by atoms with van der Waals surface area (Å²) in [6.45, 7) is 4.83. The second kappa shape index (κ2) is 7.36. The number of aromatic hydroxyl groups is 1. The first-order valence-corrected chi connectivity index (χ1v) is 8.21. The third-order valence-electron chi connectivity index (χ3n) is 4.52. The topological polar surface area (TPSA) is 54.2 Å². The van der Waals surface area contributed by atoms with Crippen LogP contribution in [0.15, 0.2) is 48.5 Å². The number of nitrogens with one attached hydrogen (secondary N) is 1. The lowest BCUT2D eigenvalue weighted by Gasteiger charge is -2.34. The number of carbonyl (C=O) groups is 1. The standard InChI is InChI=1S/C19H22N2O3/c1-24-19(23)16-8-6-15(7-9-16)14-20-10-12-21(13-11-20)17-4-2-3-5-18(17)22/h2-9,22H,10-14H2,1H3/p+1. The molecule has 1 aliphatic heterocycles. The fourth-order valence-electron chi connectivity index (χ4n) is 3.14. The smallest absolute Gasteiger partial charge is 0.337 e. The van der Waals surface area contributed by atoms with Gasteiger partial charge in [0.05, 0.1) is 44.5 Å². The molecular formula is C19H23N2O3+. The van der Waals surface area contributed by atoms with Gasteiger partial charge in [-0.3, -0.25) is 0 Å². The molecule has 0 aliphatic carbocycles. The monoisotopic (exact) mass is 327 g/mol. The van der Waals surface area contributed by atoms with Crippen LogP contribution in [0.25, 0.3) is 0 Å². The number of phenols is 1. The van der Waals surface area contributed by atoms with Crippen molar-refractivity contribution in [3.63, 3.8) is 0 Å². The summed E-state index contributed by atoms with van der Waals surface area (Å²) in [4.78, 5) is 15.2. The first-order chi connectivity index (χ1) is 11.7. The van der Waals surface area contributed by atoms with Crippen molar-refractivity contribution in [1.29, 1.82) is 0 Å². The Morgan fingerprint density at radius 2 is 1.79 bits per heavy atom. The Labute approximate surface area is 142 Å². The zero-order valence-corrected chi connectivity index (χ0v) is 13.9. The Morgan fingerprint density at radius 1 is 1.12 bits per heavy atom. The highest BCUT2D eigenvalue weighted by molar-refractivity contribution is 5.89. The van der Waals surface area contributed by atoms with E-state index < -0.39 is 0 Å². The van der Waals surface area contributed by atoms with Crippen LogP contribution in [0.5, 0.6) is 5.75 Å². The van der Waals surface area contributed by atoms with Gasteiger partial charge in [0, 0.05) is 5.56 Å². The van der Waals surface area contributed by atoms with Crippen molar-refractivity contribution >= 4 is 11.7 Å². The summed E-state index contributed by atoms with van der Waals surface area (Å²) in [7, 11) is 1.39. The highest BCUT2D eigenvalue weighted by Gasteiger charge is 2.21. The molecule has 0 atom stereocenters. The Balaban J connectivity index is 1.56. The predicted octanol–water partition coefficient (Wildman–Crippen LogP) is 1.08. The number of carbonyl (C=O) groups excluding carboxylic acids is 1. The number of nitrogens with zero attached hydrogens (tertiary/aromatic N) is 1. The van der Waals surface area contributed by atoms with E-state index in [9.17, 15) is 9.90 Å². The number of piperazine rings is 1. The molecule has 0 saturated carbocycles. The first kappa shape index (κ1) is 16.3. The molecule has 2 N–H and O–H groups in total. The number of phenolic OH excluding ortho intramolecular Hbond substituents is 1. The van der Waals surface area contributed by atoms with Gasteiger partial charge in [0.1, 0.15) is 12.3 Å². The Morgan fingerprint density at radius 3 is 2.42 bits per heavy atom. The molecule has 24 heavy (non-hydrogen) atoms. The first-order valence-electron chi connectivity index (χ1n) is 8.21. The van der Waals surface area contributed by atoms with Gasteiger partial charge in [-0.05, 0) is 24.3 Å². The molecule has 0 aromatic heterocycles. The minimum atomic E-state index is -0.301. The Hall–Kier alpha value is -2.53. The molecule has 1 aliphatic rings. The molecule has 126 valence electrons. The van der Waals surface area contributed by atoms with Gasteiger partial charge in [0.25, 0.3) is 0 Å². The van der Waals surface area contributed by atoms with E-state index in [1.54, 1.807) is 6.07 Å². The number of esters is 1. The maximum atomic E-state index is 11.5.